The van der Waals surface area contributed by atoms with Gasteiger partial charge in [-0.05, 0) is 30.7 Å². The molecule has 0 bridgehead atoms. The maximum atomic E-state index is 13.1. The van der Waals surface area contributed by atoms with Crippen molar-refractivity contribution in [1.29, 1.82) is 0 Å². The van der Waals surface area contributed by atoms with E-state index in [1.165, 1.54) is 34.6 Å². The Labute approximate surface area is 184 Å². The number of nitrogens with zero attached hydrogens (tertiary/aromatic N) is 2. The summed E-state index contributed by atoms with van der Waals surface area (Å²) in [5.41, 5.74) is -2.78. The molecule has 2 atom stereocenters. The molecule has 0 amide bonds. The molecule has 1 saturated heterocycles. The van der Waals surface area contributed by atoms with Gasteiger partial charge in [0.05, 0.1) is 17.6 Å². The lowest BCUT2D eigenvalue weighted by Gasteiger charge is -2.41. The number of allylic oxidation sites excluding steroid dienone is 4. The summed E-state index contributed by atoms with van der Waals surface area (Å²) in [6.45, 7) is 0.698. The molecule has 0 radical (unpaired) electrons. The second-order valence-electron chi connectivity index (χ2n) is 7.60. The minimum Gasteiger partial charge on any atom is -0.394 e. The number of piperazine rings is 1. The highest BCUT2D eigenvalue weighted by atomic mass is 32.2. The van der Waals surface area contributed by atoms with Crippen LogP contribution in [0.5, 0.6) is 0 Å². The van der Waals surface area contributed by atoms with Crippen LogP contribution in [0.2, 0.25) is 0 Å². The number of aliphatic hydroxyl groups excluding tert-OH is 1. The molecule has 1 aromatic rings. The van der Waals surface area contributed by atoms with Crippen molar-refractivity contribution in [2.75, 3.05) is 31.1 Å². The lowest BCUT2D eigenvalue weighted by Crippen LogP contribution is -2.56. The maximum absolute atomic E-state index is 13.1. The summed E-state index contributed by atoms with van der Waals surface area (Å²) in [4.78, 5) is 2.15. The number of hydrogen-bond acceptors (Lipinski definition) is 6. The largest absolute Gasteiger partial charge is 0.421 e. The van der Waals surface area contributed by atoms with Gasteiger partial charge in [-0.1, -0.05) is 36.5 Å². The van der Waals surface area contributed by atoms with Crippen molar-refractivity contribution >= 4 is 32.8 Å². The van der Waals surface area contributed by atoms with Crippen LogP contribution in [0.25, 0.3) is 0 Å². The zero-order chi connectivity index (χ0) is 23.0. The Morgan fingerprint density at radius 1 is 1.19 bits per heavy atom. The van der Waals surface area contributed by atoms with E-state index in [1.807, 2.05) is 0 Å². The standard InChI is InChI=1S/C20H23F3N2O4S2/c1-19(27,20(21,22)23)14-6-8-15(9-7-14)25-11-10-24(12-16(25)13-26)31(28,29)18-5-3-2-4-17(18)30/h2-3,5-9,16,26-27H,4,10-13H2,1H3/t16-,19-/m0/s1. The van der Waals surface area contributed by atoms with Gasteiger partial charge in [-0.3, -0.25) is 0 Å². The molecule has 170 valence electrons. The van der Waals surface area contributed by atoms with E-state index >= 15 is 0 Å². The molecule has 11 heteroatoms. The van der Waals surface area contributed by atoms with E-state index in [9.17, 15) is 31.8 Å². The SMILES string of the molecule is C[C@](O)(c1ccc(N2CCN(S(=O)(=O)C3=CC=CCC3=S)C[C@H]2CO)cc1)C(F)(F)F. The van der Waals surface area contributed by atoms with Crippen LogP contribution in [-0.2, 0) is 15.6 Å². The van der Waals surface area contributed by atoms with Crippen molar-refractivity contribution in [3.05, 3.63) is 53.0 Å². The molecule has 0 aromatic heterocycles. The normalized spacial score (nSPS) is 22.9. The predicted molar refractivity (Wildman–Crippen MR) is 115 cm³/mol. The van der Waals surface area contributed by atoms with E-state index in [0.29, 0.717) is 23.9 Å². The van der Waals surface area contributed by atoms with E-state index in [4.69, 9.17) is 12.2 Å². The van der Waals surface area contributed by atoms with Gasteiger partial charge in [0, 0.05) is 36.6 Å². The van der Waals surface area contributed by atoms with Crippen LogP contribution in [0.3, 0.4) is 0 Å². The number of alkyl halides is 3. The van der Waals surface area contributed by atoms with Gasteiger partial charge in [-0.15, -0.1) is 0 Å². The van der Waals surface area contributed by atoms with Crippen molar-refractivity contribution in [2.45, 2.75) is 31.2 Å². The Balaban J connectivity index is 1.80. The van der Waals surface area contributed by atoms with Crippen LogP contribution >= 0.6 is 12.2 Å². The van der Waals surface area contributed by atoms with E-state index in [1.54, 1.807) is 17.1 Å². The first-order valence-corrected chi connectivity index (χ1v) is 11.4. The van der Waals surface area contributed by atoms with E-state index in [0.717, 1.165) is 0 Å². The Morgan fingerprint density at radius 2 is 1.84 bits per heavy atom. The number of hydrogen-bond donors (Lipinski definition) is 2. The molecular formula is C20H23F3N2O4S2. The predicted octanol–water partition coefficient (Wildman–Crippen LogP) is 2.48. The first kappa shape index (κ1) is 23.9. The lowest BCUT2D eigenvalue weighted by atomic mass is 9.95. The fourth-order valence-electron chi connectivity index (χ4n) is 3.58. The number of aliphatic hydroxyl groups is 2. The molecule has 2 aliphatic rings. The van der Waals surface area contributed by atoms with Gasteiger partial charge in [0.1, 0.15) is 0 Å². The molecule has 1 aliphatic heterocycles. The van der Waals surface area contributed by atoms with Crippen LogP contribution in [0.1, 0.15) is 18.9 Å². The summed E-state index contributed by atoms with van der Waals surface area (Å²) in [5.74, 6) is 0. The van der Waals surface area contributed by atoms with Crippen molar-refractivity contribution in [1.82, 2.24) is 4.31 Å². The molecule has 6 nitrogen and oxygen atoms in total. The summed E-state index contributed by atoms with van der Waals surface area (Å²) < 4.78 is 66.4. The number of rotatable bonds is 5. The van der Waals surface area contributed by atoms with E-state index in [-0.39, 0.29) is 36.7 Å². The Kier molecular flexibility index (Phi) is 6.64. The zero-order valence-electron chi connectivity index (χ0n) is 16.7. The highest BCUT2D eigenvalue weighted by Crippen LogP contribution is 2.39. The van der Waals surface area contributed by atoms with Crippen molar-refractivity contribution < 1.29 is 31.8 Å². The molecule has 31 heavy (non-hydrogen) atoms. The summed E-state index contributed by atoms with van der Waals surface area (Å²) in [6.07, 6.45) is 0.422. The third kappa shape index (κ3) is 4.56. The van der Waals surface area contributed by atoms with Gasteiger partial charge < -0.3 is 15.1 Å². The molecule has 1 aromatic carbocycles. The Morgan fingerprint density at radius 3 is 2.39 bits per heavy atom. The van der Waals surface area contributed by atoms with Crippen molar-refractivity contribution in [2.24, 2.45) is 0 Å². The van der Waals surface area contributed by atoms with Gasteiger partial charge in [0.2, 0.25) is 10.0 Å². The molecule has 1 fully saturated rings. The topological polar surface area (TPSA) is 81.1 Å². The zero-order valence-corrected chi connectivity index (χ0v) is 18.3. The van der Waals surface area contributed by atoms with Crippen LogP contribution in [0, 0.1) is 0 Å². The average Bonchev–Trinajstić information content (AvgIpc) is 2.72. The van der Waals surface area contributed by atoms with Crippen LogP contribution < -0.4 is 4.90 Å². The summed E-state index contributed by atoms with van der Waals surface area (Å²) >= 11 is 5.18. The minimum absolute atomic E-state index is 0.00448. The lowest BCUT2D eigenvalue weighted by molar-refractivity contribution is -0.258. The Bertz CT molecular complexity index is 1000. The number of halogens is 3. The fraction of sp³-hybridized carbons (Fsp3) is 0.450. The number of sulfonamides is 1. The molecule has 1 aliphatic carbocycles. The maximum Gasteiger partial charge on any atom is 0.421 e. The third-order valence-corrected chi connectivity index (χ3v) is 8.01. The van der Waals surface area contributed by atoms with Crippen LogP contribution in [0.15, 0.2) is 47.4 Å². The van der Waals surface area contributed by atoms with Crippen LogP contribution in [-0.4, -0.2) is 66.3 Å². The second kappa shape index (κ2) is 8.62. The summed E-state index contributed by atoms with van der Waals surface area (Å²) in [5, 5.41) is 19.7. The number of benzene rings is 1. The summed E-state index contributed by atoms with van der Waals surface area (Å²) in [7, 11) is -3.82. The molecule has 1 heterocycles. The quantitative estimate of drug-likeness (QED) is 0.636. The highest BCUT2D eigenvalue weighted by Gasteiger charge is 2.51. The third-order valence-electron chi connectivity index (χ3n) is 5.55. The minimum atomic E-state index is -4.83. The van der Waals surface area contributed by atoms with Gasteiger partial charge in [0.25, 0.3) is 0 Å². The van der Waals surface area contributed by atoms with Gasteiger partial charge in [0.15, 0.2) is 5.60 Å². The number of thiocarbonyl (C=S) groups is 1. The van der Waals surface area contributed by atoms with Gasteiger partial charge in [-0.25, -0.2) is 8.42 Å². The van der Waals surface area contributed by atoms with Crippen molar-refractivity contribution in [3.8, 4) is 0 Å². The Hall–Kier alpha value is -1.79. The molecule has 0 saturated carbocycles. The smallest absolute Gasteiger partial charge is 0.394 e. The summed E-state index contributed by atoms with van der Waals surface area (Å²) in [6, 6.07) is 4.61. The molecule has 2 N–H and O–H groups in total. The molecule has 3 rings (SSSR count). The molecular weight excluding hydrogens is 453 g/mol. The van der Waals surface area contributed by atoms with Crippen LogP contribution in [0.4, 0.5) is 18.9 Å². The van der Waals surface area contributed by atoms with E-state index < -0.39 is 27.8 Å². The molecule has 0 spiro atoms. The van der Waals surface area contributed by atoms with Gasteiger partial charge >= 0.3 is 6.18 Å². The second-order valence-corrected chi connectivity index (χ2v) is 10.00. The fourth-order valence-corrected chi connectivity index (χ4v) is 5.65. The number of anilines is 1. The van der Waals surface area contributed by atoms with E-state index in [2.05, 4.69) is 0 Å². The average molecular weight is 477 g/mol. The molecule has 0 unspecified atom stereocenters. The van der Waals surface area contributed by atoms with Crippen molar-refractivity contribution in [3.63, 3.8) is 0 Å². The first-order chi connectivity index (χ1) is 14.4. The monoisotopic (exact) mass is 476 g/mol. The first-order valence-electron chi connectivity index (χ1n) is 9.57. The van der Waals surface area contributed by atoms with Gasteiger partial charge in [-0.2, -0.15) is 17.5 Å². The highest BCUT2D eigenvalue weighted by molar-refractivity contribution is 7.96.